The number of amides is 1. The summed E-state index contributed by atoms with van der Waals surface area (Å²) in [5, 5.41) is 3.08. The maximum atomic E-state index is 11.6. The number of anilines is 2. The first-order valence-electron chi connectivity index (χ1n) is 5.51. The smallest absolute Gasteiger partial charge is 0.241 e. The Morgan fingerprint density at radius 1 is 1.35 bits per heavy atom. The van der Waals surface area contributed by atoms with Gasteiger partial charge in [-0.05, 0) is 6.92 Å². The first-order chi connectivity index (χ1) is 8.04. The third kappa shape index (κ3) is 3.90. The topological polar surface area (TPSA) is 61.4 Å². The molecular formula is C11H19N5O. The lowest BCUT2D eigenvalue weighted by Crippen LogP contribution is -2.34. The van der Waals surface area contributed by atoms with Gasteiger partial charge in [-0.3, -0.25) is 9.78 Å². The third-order valence-electron chi connectivity index (χ3n) is 2.24. The quantitative estimate of drug-likeness (QED) is 0.805. The molecule has 1 heterocycles. The van der Waals surface area contributed by atoms with Crippen molar-refractivity contribution < 1.29 is 4.79 Å². The van der Waals surface area contributed by atoms with Crippen molar-refractivity contribution in [2.45, 2.75) is 6.92 Å². The Morgan fingerprint density at radius 3 is 2.65 bits per heavy atom. The SMILES string of the molecule is CCNc1cncc(N(C)CC(=O)N(C)C)n1. The number of carbonyl (C=O) groups is 1. The highest BCUT2D eigenvalue weighted by molar-refractivity contribution is 5.80. The molecule has 0 unspecified atom stereocenters. The van der Waals surface area contributed by atoms with Crippen molar-refractivity contribution in [2.75, 3.05) is 44.4 Å². The van der Waals surface area contributed by atoms with Gasteiger partial charge in [-0.15, -0.1) is 0 Å². The Kier molecular flexibility index (Phi) is 4.68. The molecule has 6 heteroatoms. The van der Waals surface area contributed by atoms with E-state index in [1.807, 2.05) is 14.0 Å². The molecule has 0 aromatic carbocycles. The highest BCUT2D eigenvalue weighted by atomic mass is 16.2. The van der Waals surface area contributed by atoms with E-state index in [1.54, 1.807) is 36.3 Å². The average Bonchev–Trinajstić information content (AvgIpc) is 2.29. The van der Waals surface area contributed by atoms with E-state index in [9.17, 15) is 4.79 Å². The predicted molar refractivity (Wildman–Crippen MR) is 68.2 cm³/mol. The minimum Gasteiger partial charge on any atom is -0.369 e. The van der Waals surface area contributed by atoms with Crippen LogP contribution in [0, 0.1) is 0 Å². The van der Waals surface area contributed by atoms with E-state index in [4.69, 9.17) is 0 Å². The Labute approximate surface area is 102 Å². The molecule has 1 aromatic rings. The number of nitrogens with one attached hydrogen (secondary N) is 1. The fourth-order valence-corrected chi connectivity index (χ4v) is 1.23. The van der Waals surface area contributed by atoms with E-state index in [0.717, 1.165) is 6.54 Å². The number of likely N-dealkylation sites (N-methyl/N-ethyl adjacent to an activating group) is 2. The fraction of sp³-hybridized carbons (Fsp3) is 0.545. The van der Waals surface area contributed by atoms with E-state index < -0.39 is 0 Å². The second-order valence-corrected chi connectivity index (χ2v) is 3.94. The lowest BCUT2D eigenvalue weighted by atomic mass is 10.4. The second-order valence-electron chi connectivity index (χ2n) is 3.94. The van der Waals surface area contributed by atoms with Crippen LogP contribution in [0.5, 0.6) is 0 Å². The molecule has 1 aromatic heterocycles. The molecule has 0 atom stereocenters. The number of hydrogen-bond donors (Lipinski definition) is 1. The minimum atomic E-state index is 0.0307. The van der Waals surface area contributed by atoms with Crippen LogP contribution < -0.4 is 10.2 Å². The van der Waals surface area contributed by atoms with E-state index in [0.29, 0.717) is 11.6 Å². The lowest BCUT2D eigenvalue weighted by Gasteiger charge is -2.20. The zero-order valence-electron chi connectivity index (χ0n) is 10.8. The van der Waals surface area contributed by atoms with Crippen LogP contribution >= 0.6 is 0 Å². The summed E-state index contributed by atoms with van der Waals surface area (Å²) in [7, 11) is 5.29. The summed E-state index contributed by atoms with van der Waals surface area (Å²) in [5.41, 5.74) is 0. The fourth-order valence-electron chi connectivity index (χ4n) is 1.23. The molecule has 1 N–H and O–H groups in total. The van der Waals surface area contributed by atoms with E-state index in [1.165, 1.54) is 0 Å². The number of nitrogens with zero attached hydrogens (tertiary/aromatic N) is 4. The van der Waals surface area contributed by atoms with Crippen LogP contribution in [0.4, 0.5) is 11.6 Å². The largest absolute Gasteiger partial charge is 0.369 e. The van der Waals surface area contributed by atoms with Gasteiger partial charge in [0.25, 0.3) is 0 Å². The molecule has 0 radical (unpaired) electrons. The van der Waals surface area contributed by atoms with Crippen LogP contribution in [0.15, 0.2) is 12.4 Å². The highest BCUT2D eigenvalue weighted by Gasteiger charge is 2.10. The molecule has 0 spiro atoms. The average molecular weight is 237 g/mol. The van der Waals surface area contributed by atoms with Crippen LogP contribution in [0.25, 0.3) is 0 Å². The molecule has 94 valence electrons. The summed E-state index contributed by atoms with van der Waals surface area (Å²) in [6, 6.07) is 0. The van der Waals surface area contributed by atoms with Crippen molar-refractivity contribution in [1.29, 1.82) is 0 Å². The van der Waals surface area contributed by atoms with Gasteiger partial charge in [0.05, 0.1) is 18.9 Å². The van der Waals surface area contributed by atoms with Crippen LogP contribution in [0.1, 0.15) is 6.92 Å². The number of carbonyl (C=O) groups excluding carboxylic acids is 1. The van der Waals surface area contributed by atoms with Crippen LogP contribution in [-0.4, -0.2) is 55.0 Å². The van der Waals surface area contributed by atoms with Crippen molar-refractivity contribution in [3.63, 3.8) is 0 Å². The van der Waals surface area contributed by atoms with Crippen molar-refractivity contribution >= 4 is 17.5 Å². The molecule has 0 aliphatic rings. The number of aromatic nitrogens is 2. The maximum absolute atomic E-state index is 11.6. The van der Waals surface area contributed by atoms with Crippen molar-refractivity contribution in [1.82, 2.24) is 14.9 Å². The van der Waals surface area contributed by atoms with Gasteiger partial charge < -0.3 is 15.1 Å². The Hall–Kier alpha value is -1.85. The van der Waals surface area contributed by atoms with E-state index >= 15 is 0 Å². The number of rotatable bonds is 5. The van der Waals surface area contributed by atoms with Gasteiger partial charge in [-0.2, -0.15) is 0 Å². The lowest BCUT2D eigenvalue weighted by molar-refractivity contribution is -0.127. The van der Waals surface area contributed by atoms with Gasteiger partial charge in [0, 0.05) is 27.7 Å². The Balaban J connectivity index is 2.71. The zero-order chi connectivity index (χ0) is 12.8. The van der Waals surface area contributed by atoms with Gasteiger partial charge in [0.15, 0.2) is 0 Å². The second kappa shape index (κ2) is 6.03. The first kappa shape index (κ1) is 13.2. The van der Waals surface area contributed by atoms with Gasteiger partial charge >= 0.3 is 0 Å². The molecule has 0 aliphatic carbocycles. The van der Waals surface area contributed by atoms with Crippen molar-refractivity contribution in [3.8, 4) is 0 Å². The molecule has 6 nitrogen and oxygen atoms in total. The highest BCUT2D eigenvalue weighted by Crippen LogP contribution is 2.10. The molecule has 0 aliphatic heterocycles. The van der Waals surface area contributed by atoms with Gasteiger partial charge in [-0.25, -0.2) is 4.98 Å². The molecule has 0 fully saturated rings. The molecule has 0 saturated heterocycles. The zero-order valence-corrected chi connectivity index (χ0v) is 10.8. The van der Waals surface area contributed by atoms with E-state index in [2.05, 4.69) is 15.3 Å². The molecular weight excluding hydrogens is 218 g/mol. The standard InChI is InChI=1S/C11H19N5O/c1-5-13-9-6-12-7-10(14-9)16(4)8-11(17)15(2)3/h6-7H,5,8H2,1-4H3,(H,13,14). The maximum Gasteiger partial charge on any atom is 0.241 e. The van der Waals surface area contributed by atoms with Crippen LogP contribution in [0.2, 0.25) is 0 Å². The first-order valence-corrected chi connectivity index (χ1v) is 5.51. The minimum absolute atomic E-state index is 0.0307. The molecule has 0 saturated carbocycles. The molecule has 1 amide bonds. The predicted octanol–water partition coefficient (Wildman–Crippen LogP) is 0.433. The van der Waals surface area contributed by atoms with Crippen LogP contribution in [0.3, 0.4) is 0 Å². The summed E-state index contributed by atoms with van der Waals surface area (Å²) >= 11 is 0. The van der Waals surface area contributed by atoms with Crippen LogP contribution in [-0.2, 0) is 4.79 Å². The summed E-state index contributed by atoms with van der Waals surface area (Å²) in [4.78, 5) is 23.3. The van der Waals surface area contributed by atoms with Gasteiger partial charge in [0.2, 0.25) is 5.91 Å². The molecule has 1 rings (SSSR count). The summed E-state index contributed by atoms with van der Waals surface area (Å²) < 4.78 is 0. The molecule has 17 heavy (non-hydrogen) atoms. The summed E-state index contributed by atoms with van der Waals surface area (Å²) in [5.74, 6) is 1.43. The van der Waals surface area contributed by atoms with Gasteiger partial charge in [0.1, 0.15) is 11.6 Å². The Morgan fingerprint density at radius 2 is 2.06 bits per heavy atom. The monoisotopic (exact) mass is 237 g/mol. The number of hydrogen-bond acceptors (Lipinski definition) is 5. The molecule has 0 bridgehead atoms. The van der Waals surface area contributed by atoms with E-state index in [-0.39, 0.29) is 12.5 Å². The summed E-state index contributed by atoms with van der Waals surface area (Å²) in [6.07, 6.45) is 3.30. The third-order valence-corrected chi connectivity index (χ3v) is 2.24. The van der Waals surface area contributed by atoms with Crippen molar-refractivity contribution in [3.05, 3.63) is 12.4 Å². The normalized spacial score (nSPS) is 9.88. The van der Waals surface area contributed by atoms with Gasteiger partial charge in [-0.1, -0.05) is 0 Å². The van der Waals surface area contributed by atoms with Crippen molar-refractivity contribution in [2.24, 2.45) is 0 Å². The summed E-state index contributed by atoms with van der Waals surface area (Å²) in [6.45, 7) is 3.07. The Bertz CT molecular complexity index is 380.